The summed E-state index contributed by atoms with van der Waals surface area (Å²) in [6.45, 7) is 0. The van der Waals surface area contributed by atoms with Crippen molar-refractivity contribution >= 4 is 40.5 Å². The normalized spacial score (nSPS) is 10.1. The number of hydrogen-bond donors (Lipinski definition) is 2. The smallest absolute Gasteiger partial charge is 0.274 e. The number of anilines is 2. The fraction of sp³-hybridized carbons (Fsp3) is 0. The van der Waals surface area contributed by atoms with E-state index in [1.54, 1.807) is 24.3 Å². The van der Waals surface area contributed by atoms with Crippen molar-refractivity contribution in [2.45, 2.75) is 0 Å². The van der Waals surface area contributed by atoms with E-state index in [0.717, 1.165) is 0 Å². The first-order valence-corrected chi connectivity index (χ1v) is 5.79. The van der Waals surface area contributed by atoms with E-state index in [2.05, 4.69) is 10.3 Å². The molecular formula is C12H9Cl2N3O. The van der Waals surface area contributed by atoms with Crippen molar-refractivity contribution in [3.05, 3.63) is 52.3 Å². The zero-order valence-electron chi connectivity index (χ0n) is 9.15. The Morgan fingerprint density at radius 2 is 1.83 bits per heavy atom. The van der Waals surface area contributed by atoms with Crippen molar-refractivity contribution in [3.63, 3.8) is 0 Å². The van der Waals surface area contributed by atoms with Gasteiger partial charge in [0.1, 0.15) is 5.69 Å². The number of carbonyl (C=O) groups is 1. The number of pyridine rings is 1. The molecule has 3 N–H and O–H groups in total. The molecule has 1 aromatic carbocycles. The minimum Gasteiger partial charge on any atom is -0.397 e. The Morgan fingerprint density at radius 1 is 1.17 bits per heavy atom. The summed E-state index contributed by atoms with van der Waals surface area (Å²) in [5.41, 5.74) is 6.76. The van der Waals surface area contributed by atoms with Crippen LogP contribution in [0.1, 0.15) is 10.5 Å². The molecule has 0 aliphatic carbocycles. The molecule has 0 bridgehead atoms. The highest BCUT2D eigenvalue weighted by molar-refractivity contribution is 6.35. The van der Waals surface area contributed by atoms with Gasteiger partial charge in [0.2, 0.25) is 0 Å². The van der Waals surface area contributed by atoms with Crippen molar-refractivity contribution in [2.75, 3.05) is 11.1 Å². The number of aromatic nitrogens is 1. The summed E-state index contributed by atoms with van der Waals surface area (Å²) in [5, 5.41) is 3.54. The molecule has 0 unspecified atom stereocenters. The highest BCUT2D eigenvalue weighted by Gasteiger charge is 2.08. The van der Waals surface area contributed by atoms with E-state index in [0.29, 0.717) is 21.4 Å². The SMILES string of the molecule is Nc1ccc(C(=O)Nc2cc(Cl)cc(Cl)c2)nc1. The molecule has 0 aliphatic rings. The molecule has 18 heavy (non-hydrogen) atoms. The highest BCUT2D eigenvalue weighted by Crippen LogP contribution is 2.22. The van der Waals surface area contributed by atoms with Crippen LogP contribution in [-0.2, 0) is 0 Å². The quantitative estimate of drug-likeness (QED) is 0.888. The number of rotatable bonds is 2. The van der Waals surface area contributed by atoms with Gasteiger partial charge >= 0.3 is 0 Å². The van der Waals surface area contributed by atoms with Gasteiger partial charge in [0.05, 0.1) is 11.9 Å². The van der Waals surface area contributed by atoms with Gasteiger partial charge in [-0.05, 0) is 30.3 Å². The van der Waals surface area contributed by atoms with E-state index in [1.165, 1.54) is 12.3 Å². The molecule has 0 aliphatic heterocycles. The summed E-state index contributed by atoms with van der Waals surface area (Å²) < 4.78 is 0. The number of hydrogen-bond acceptors (Lipinski definition) is 3. The molecule has 0 saturated heterocycles. The van der Waals surface area contributed by atoms with Crippen molar-refractivity contribution in [1.82, 2.24) is 4.98 Å². The summed E-state index contributed by atoms with van der Waals surface area (Å²) >= 11 is 11.7. The molecule has 1 heterocycles. The van der Waals surface area contributed by atoms with Gasteiger partial charge in [-0.2, -0.15) is 0 Å². The van der Waals surface area contributed by atoms with E-state index in [-0.39, 0.29) is 11.6 Å². The van der Waals surface area contributed by atoms with Gasteiger partial charge in [-0.3, -0.25) is 4.79 Å². The van der Waals surface area contributed by atoms with Gasteiger partial charge in [-0.1, -0.05) is 23.2 Å². The molecule has 0 spiro atoms. The fourth-order valence-corrected chi connectivity index (χ4v) is 1.89. The molecule has 0 fully saturated rings. The number of carbonyl (C=O) groups excluding carboxylic acids is 1. The third-order valence-electron chi connectivity index (χ3n) is 2.14. The number of nitrogens with one attached hydrogen (secondary N) is 1. The summed E-state index contributed by atoms with van der Waals surface area (Å²) in [5.74, 6) is -0.353. The van der Waals surface area contributed by atoms with Crippen molar-refractivity contribution in [1.29, 1.82) is 0 Å². The molecule has 2 aromatic rings. The average molecular weight is 282 g/mol. The van der Waals surface area contributed by atoms with Crippen LogP contribution in [-0.4, -0.2) is 10.9 Å². The lowest BCUT2D eigenvalue weighted by atomic mass is 10.3. The number of amides is 1. The summed E-state index contributed by atoms with van der Waals surface area (Å²) in [6, 6.07) is 7.93. The van der Waals surface area contributed by atoms with Crippen LogP contribution in [0.2, 0.25) is 10.0 Å². The monoisotopic (exact) mass is 281 g/mol. The second kappa shape index (κ2) is 5.25. The molecular weight excluding hydrogens is 273 g/mol. The maximum atomic E-state index is 11.8. The maximum Gasteiger partial charge on any atom is 0.274 e. The van der Waals surface area contributed by atoms with E-state index >= 15 is 0 Å². The summed E-state index contributed by atoms with van der Waals surface area (Å²) in [4.78, 5) is 15.8. The lowest BCUT2D eigenvalue weighted by molar-refractivity contribution is 0.102. The molecule has 2 rings (SSSR count). The Hall–Kier alpha value is -1.78. The summed E-state index contributed by atoms with van der Waals surface area (Å²) in [7, 11) is 0. The topological polar surface area (TPSA) is 68.0 Å². The molecule has 1 amide bonds. The predicted octanol–water partition coefficient (Wildman–Crippen LogP) is 3.22. The second-order valence-corrected chi connectivity index (χ2v) is 4.46. The first-order chi connectivity index (χ1) is 8.54. The van der Waals surface area contributed by atoms with Gasteiger partial charge in [-0.25, -0.2) is 4.98 Å². The minimum absolute atomic E-state index is 0.264. The maximum absolute atomic E-state index is 11.8. The predicted molar refractivity (Wildman–Crippen MR) is 73.1 cm³/mol. The van der Waals surface area contributed by atoms with Crippen LogP contribution in [0, 0.1) is 0 Å². The Bertz CT molecular complexity index is 564. The van der Waals surface area contributed by atoms with E-state index in [9.17, 15) is 4.79 Å². The molecule has 0 atom stereocenters. The fourth-order valence-electron chi connectivity index (χ4n) is 1.36. The van der Waals surface area contributed by atoms with Gasteiger partial charge in [0, 0.05) is 15.7 Å². The third-order valence-corrected chi connectivity index (χ3v) is 2.58. The molecule has 0 radical (unpaired) electrons. The van der Waals surface area contributed by atoms with Crippen LogP contribution in [0.4, 0.5) is 11.4 Å². The molecule has 92 valence electrons. The van der Waals surface area contributed by atoms with Gasteiger partial charge in [0.25, 0.3) is 5.91 Å². The number of benzene rings is 1. The zero-order chi connectivity index (χ0) is 13.1. The Morgan fingerprint density at radius 3 is 2.39 bits per heavy atom. The van der Waals surface area contributed by atoms with E-state index < -0.39 is 0 Å². The van der Waals surface area contributed by atoms with E-state index in [4.69, 9.17) is 28.9 Å². The Balaban J connectivity index is 2.18. The standard InChI is InChI=1S/C12H9Cl2N3O/c13-7-3-8(14)5-10(4-7)17-12(18)11-2-1-9(15)6-16-11/h1-6H,15H2,(H,17,18). The molecule has 1 aromatic heterocycles. The number of halogens is 2. The zero-order valence-corrected chi connectivity index (χ0v) is 10.7. The molecule has 6 heteroatoms. The van der Waals surface area contributed by atoms with Gasteiger partial charge in [0.15, 0.2) is 0 Å². The Labute approximate surface area is 114 Å². The Kier molecular flexibility index (Phi) is 3.69. The largest absolute Gasteiger partial charge is 0.397 e. The van der Waals surface area contributed by atoms with Crippen LogP contribution in [0.5, 0.6) is 0 Å². The average Bonchev–Trinajstić information content (AvgIpc) is 2.28. The lowest BCUT2D eigenvalue weighted by Crippen LogP contribution is -2.13. The van der Waals surface area contributed by atoms with Crippen LogP contribution in [0.25, 0.3) is 0 Å². The van der Waals surface area contributed by atoms with Crippen LogP contribution in [0.15, 0.2) is 36.5 Å². The summed E-state index contributed by atoms with van der Waals surface area (Å²) in [6.07, 6.45) is 1.42. The van der Waals surface area contributed by atoms with Crippen LogP contribution in [0.3, 0.4) is 0 Å². The van der Waals surface area contributed by atoms with Crippen LogP contribution >= 0.6 is 23.2 Å². The van der Waals surface area contributed by atoms with Crippen LogP contribution < -0.4 is 11.1 Å². The van der Waals surface area contributed by atoms with E-state index in [1.807, 2.05) is 0 Å². The van der Waals surface area contributed by atoms with Crippen molar-refractivity contribution < 1.29 is 4.79 Å². The first-order valence-electron chi connectivity index (χ1n) is 5.03. The van der Waals surface area contributed by atoms with Crippen molar-refractivity contribution in [2.24, 2.45) is 0 Å². The third kappa shape index (κ3) is 3.12. The molecule has 0 saturated carbocycles. The lowest BCUT2D eigenvalue weighted by Gasteiger charge is -2.06. The molecule has 4 nitrogen and oxygen atoms in total. The number of nitrogens with two attached hydrogens (primary N) is 1. The minimum atomic E-state index is -0.353. The highest BCUT2D eigenvalue weighted by atomic mass is 35.5. The first kappa shape index (κ1) is 12.7. The van der Waals surface area contributed by atoms with Gasteiger partial charge in [-0.15, -0.1) is 0 Å². The number of nitrogen functional groups attached to an aromatic ring is 1. The number of nitrogens with zero attached hydrogens (tertiary/aromatic N) is 1. The van der Waals surface area contributed by atoms with Gasteiger partial charge < -0.3 is 11.1 Å². The van der Waals surface area contributed by atoms with Crippen molar-refractivity contribution in [3.8, 4) is 0 Å². The second-order valence-electron chi connectivity index (χ2n) is 3.59.